The van der Waals surface area contributed by atoms with Crippen molar-refractivity contribution >= 4 is 5.91 Å². The minimum absolute atomic E-state index is 0.0838. The molecule has 4 nitrogen and oxygen atoms in total. The molecule has 0 bridgehead atoms. The molecular formula is C18H20FNO3. The van der Waals surface area contributed by atoms with E-state index in [4.69, 9.17) is 9.84 Å². The number of aliphatic hydroxyl groups excluding tert-OH is 1. The molecule has 0 atom stereocenters. The normalized spacial score (nSPS) is 10.4. The number of carbonyl (C=O) groups excluding carboxylic acids is 1. The van der Waals surface area contributed by atoms with Gasteiger partial charge in [-0.05, 0) is 41.8 Å². The molecule has 0 unspecified atom stereocenters. The van der Waals surface area contributed by atoms with Gasteiger partial charge >= 0.3 is 0 Å². The fourth-order valence-electron chi connectivity index (χ4n) is 2.08. The average Bonchev–Trinajstić information content (AvgIpc) is 2.59. The number of rotatable bonds is 7. The fraction of sp³-hybridized carbons (Fsp3) is 0.278. The van der Waals surface area contributed by atoms with Gasteiger partial charge in [-0.3, -0.25) is 4.79 Å². The van der Waals surface area contributed by atoms with Gasteiger partial charge in [-0.25, -0.2) is 4.39 Å². The van der Waals surface area contributed by atoms with Gasteiger partial charge in [0.2, 0.25) is 0 Å². The van der Waals surface area contributed by atoms with Crippen LogP contribution < -0.4 is 10.1 Å². The number of ether oxygens (including phenoxy) is 1. The molecule has 122 valence electrons. The highest BCUT2D eigenvalue weighted by Gasteiger charge is 2.06. The van der Waals surface area contributed by atoms with Crippen molar-refractivity contribution in [1.29, 1.82) is 0 Å². The highest BCUT2D eigenvalue weighted by molar-refractivity contribution is 5.77. The second kappa shape index (κ2) is 8.29. The third-order valence-electron chi connectivity index (χ3n) is 3.47. The van der Waals surface area contributed by atoms with E-state index in [0.29, 0.717) is 5.75 Å². The number of nitrogens with one attached hydrogen (secondary N) is 1. The molecule has 5 heteroatoms. The number of benzene rings is 2. The monoisotopic (exact) mass is 317 g/mol. The number of halogens is 1. The summed E-state index contributed by atoms with van der Waals surface area (Å²) in [4.78, 5) is 11.8. The Labute approximate surface area is 134 Å². The van der Waals surface area contributed by atoms with E-state index in [2.05, 4.69) is 12.2 Å². The Morgan fingerprint density at radius 2 is 1.87 bits per heavy atom. The van der Waals surface area contributed by atoms with Crippen molar-refractivity contribution in [2.24, 2.45) is 0 Å². The smallest absolute Gasteiger partial charge is 0.258 e. The molecule has 0 fully saturated rings. The van der Waals surface area contributed by atoms with Gasteiger partial charge in [0.05, 0.1) is 6.61 Å². The molecule has 2 rings (SSSR count). The first kappa shape index (κ1) is 17.0. The number of amides is 1. The summed E-state index contributed by atoms with van der Waals surface area (Å²) in [6, 6.07) is 12.0. The zero-order valence-electron chi connectivity index (χ0n) is 13.0. The van der Waals surface area contributed by atoms with Gasteiger partial charge in [-0.1, -0.05) is 25.1 Å². The van der Waals surface area contributed by atoms with Gasteiger partial charge in [-0.2, -0.15) is 0 Å². The number of hydrogen-bond acceptors (Lipinski definition) is 3. The first-order chi connectivity index (χ1) is 11.1. The lowest BCUT2D eigenvalue weighted by Gasteiger charge is -2.09. The van der Waals surface area contributed by atoms with Crippen LogP contribution >= 0.6 is 0 Å². The molecule has 0 saturated heterocycles. The van der Waals surface area contributed by atoms with Crippen LogP contribution in [0.4, 0.5) is 4.39 Å². The van der Waals surface area contributed by atoms with Crippen LogP contribution in [0.1, 0.15) is 23.6 Å². The van der Waals surface area contributed by atoms with Crippen LogP contribution in [0.15, 0.2) is 42.5 Å². The van der Waals surface area contributed by atoms with E-state index in [1.54, 1.807) is 6.07 Å². The summed E-state index contributed by atoms with van der Waals surface area (Å²) in [5.41, 5.74) is 2.14. The minimum Gasteiger partial charge on any atom is -0.484 e. The standard InChI is InChI=1S/C18H20FNO3/c1-2-13-3-6-16(7-4-13)23-12-18(22)20-10-14-5-8-17(19)15(9-14)11-21/h3-9,21H,2,10-12H2,1H3,(H,20,22). The Morgan fingerprint density at radius 3 is 2.52 bits per heavy atom. The Hall–Kier alpha value is -2.40. The summed E-state index contributed by atoms with van der Waals surface area (Å²) in [7, 11) is 0. The van der Waals surface area contributed by atoms with Crippen molar-refractivity contribution in [2.45, 2.75) is 26.5 Å². The summed E-state index contributed by atoms with van der Waals surface area (Å²) in [6.45, 7) is 1.87. The zero-order chi connectivity index (χ0) is 16.7. The van der Waals surface area contributed by atoms with Gasteiger partial charge in [0.15, 0.2) is 6.61 Å². The Morgan fingerprint density at radius 1 is 1.17 bits per heavy atom. The topological polar surface area (TPSA) is 58.6 Å². The Bertz CT molecular complexity index is 656. The number of aryl methyl sites for hydroxylation is 1. The van der Waals surface area contributed by atoms with Crippen molar-refractivity contribution in [1.82, 2.24) is 5.32 Å². The maximum atomic E-state index is 13.3. The predicted octanol–water partition coefficient (Wildman–Crippen LogP) is 2.58. The van der Waals surface area contributed by atoms with Gasteiger partial charge in [-0.15, -0.1) is 0 Å². The third-order valence-corrected chi connectivity index (χ3v) is 3.47. The number of hydrogen-bond donors (Lipinski definition) is 2. The van der Waals surface area contributed by atoms with Crippen LogP contribution in [0.3, 0.4) is 0 Å². The van der Waals surface area contributed by atoms with Gasteiger partial charge in [0, 0.05) is 12.1 Å². The van der Waals surface area contributed by atoms with E-state index in [1.807, 2.05) is 24.3 Å². The molecule has 0 radical (unpaired) electrons. The third kappa shape index (κ3) is 5.07. The molecule has 1 amide bonds. The number of carbonyl (C=O) groups is 1. The van der Waals surface area contributed by atoms with Gasteiger partial charge in [0.1, 0.15) is 11.6 Å². The van der Waals surface area contributed by atoms with Crippen LogP contribution in [0.2, 0.25) is 0 Å². The lowest BCUT2D eigenvalue weighted by Crippen LogP contribution is -2.28. The van der Waals surface area contributed by atoms with Crippen LogP contribution in [0.5, 0.6) is 5.75 Å². The van der Waals surface area contributed by atoms with E-state index in [-0.39, 0.29) is 31.2 Å². The largest absolute Gasteiger partial charge is 0.484 e. The van der Waals surface area contributed by atoms with E-state index < -0.39 is 5.82 Å². The molecule has 0 spiro atoms. The van der Waals surface area contributed by atoms with Crippen LogP contribution in [-0.2, 0) is 24.4 Å². The molecule has 0 aliphatic rings. The van der Waals surface area contributed by atoms with Crippen molar-refractivity contribution in [3.8, 4) is 5.75 Å². The molecular weight excluding hydrogens is 297 g/mol. The van der Waals surface area contributed by atoms with Crippen LogP contribution in [-0.4, -0.2) is 17.6 Å². The van der Waals surface area contributed by atoms with E-state index in [0.717, 1.165) is 12.0 Å². The lowest BCUT2D eigenvalue weighted by atomic mass is 10.1. The van der Waals surface area contributed by atoms with Crippen LogP contribution in [0, 0.1) is 5.82 Å². The second-order valence-electron chi connectivity index (χ2n) is 5.15. The molecule has 2 aromatic rings. The molecule has 2 N–H and O–H groups in total. The summed E-state index contributed by atoms with van der Waals surface area (Å²) in [5.74, 6) is -0.0809. The van der Waals surface area contributed by atoms with Gasteiger partial charge < -0.3 is 15.2 Å². The quantitative estimate of drug-likeness (QED) is 0.825. The van der Waals surface area contributed by atoms with Crippen molar-refractivity contribution in [3.63, 3.8) is 0 Å². The first-order valence-corrected chi connectivity index (χ1v) is 7.49. The maximum Gasteiger partial charge on any atom is 0.258 e. The maximum absolute atomic E-state index is 13.3. The minimum atomic E-state index is -0.457. The molecule has 0 heterocycles. The lowest BCUT2D eigenvalue weighted by molar-refractivity contribution is -0.123. The number of aliphatic hydroxyl groups is 1. The molecule has 0 aliphatic heterocycles. The summed E-state index contributed by atoms with van der Waals surface area (Å²) in [6.07, 6.45) is 0.953. The van der Waals surface area contributed by atoms with Crippen LogP contribution in [0.25, 0.3) is 0 Å². The predicted molar refractivity (Wildman–Crippen MR) is 85.5 cm³/mol. The highest BCUT2D eigenvalue weighted by Crippen LogP contribution is 2.13. The summed E-state index contributed by atoms with van der Waals surface area (Å²) in [5, 5.41) is 11.7. The summed E-state index contributed by atoms with van der Waals surface area (Å²) < 4.78 is 18.7. The van der Waals surface area contributed by atoms with Gasteiger partial charge in [0.25, 0.3) is 5.91 Å². The zero-order valence-corrected chi connectivity index (χ0v) is 13.0. The SMILES string of the molecule is CCc1ccc(OCC(=O)NCc2ccc(F)c(CO)c2)cc1. The van der Waals surface area contributed by atoms with E-state index >= 15 is 0 Å². The summed E-state index contributed by atoms with van der Waals surface area (Å²) >= 11 is 0. The molecule has 0 aromatic heterocycles. The van der Waals surface area contributed by atoms with Crippen molar-refractivity contribution < 1.29 is 19.0 Å². The van der Waals surface area contributed by atoms with Crippen molar-refractivity contribution in [3.05, 3.63) is 65.0 Å². The average molecular weight is 317 g/mol. The fourth-order valence-corrected chi connectivity index (χ4v) is 2.08. The highest BCUT2D eigenvalue weighted by atomic mass is 19.1. The molecule has 2 aromatic carbocycles. The molecule has 23 heavy (non-hydrogen) atoms. The second-order valence-corrected chi connectivity index (χ2v) is 5.15. The molecule has 0 aliphatic carbocycles. The first-order valence-electron chi connectivity index (χ1n) is 7.49. The Kier molecular flexibility index (Phi) is 6.11. The Balaban J connectivity index is 1.80. The molecule has 0 saturated carbocycles. The van der Waals surface area contributed by atoms with E-state index in [9.17, 15) is 9.18 Å². The van der Waals surface area contributed by atoms with Crippen molar-refractivity contribution in [2.75, 3.05) is 6.61 Å². The van der Waals surface area contributed by atoms with E-state index in [1.165, 1.54) is 17.7 Å².